The van der Waals surface area contributed by atoms with Gasteiger partial charge in [-0.15, -0.1) is 0 Å². The molecule has 0 spiro atoms. The quantitative estimate of drug-likeness (QED) is 0.498. The predicted octanol–water partition coefficient (Wildman–Crippen LogP) is 0.451. The maximum Gasteiger partial charge on any atom is 0.308 e. The number of methoxy groups -OCH3 is 2. The second-order valence-electron chi connectivity index (χ2n) is 4.53. The Bertz CT molecular complexity index is 287. The van der Waals surface area contributed by atoms with Gasteiger partial charge in [0.05, 0.1) is 39.3 Å². The molecule has 110 valence electrons. The van der Waals surface area contributed by atoms with E-state index >= 15 is 0 Å². The van der Waals surface area contributed by atoms with Crippen LogP contribution in [0.5, 0.6) is 0 Å². The molecule has 0 unspecified atom stereocenters. The minimum absolute atomic E-state index is 0.0630. The van der Waals surface area contributed by atoms with Gasteiger partial charge >= 0.3 is 5.97 Å². The maximum absolute atomic E-state index is 11.9. The van der Waals surface area contributed by atoms with E-state index in [2.05, 4.69) is 0 Å². The first kappa shape index (κ1) is 15.9. The van der Waals surface area contributed by atoms with E-state index in [0.29, 0.717) is 52.2 Å². The van der Waals surface area contributed by atoms with Crippen LogP contribution < -0.4 is 0 Å². The van der Waals surface area contributed by atoms with Crippen LogP contribution in [0.1, 0.15) is 19.3 Å². The van der Waals surface area contributed by atoms with Gasteiger partial charge < -0.3 is 19.1 Å². The van der Waals surface area contributed by atoms with E-state index in [1.54, 1.807) is 12.0 Å². The van der Waals surface area contributed by atoms with Crippen molar-refractivity contribution in [3.05, 3.63) is 0 Å². The van der Waals surface area contributed by atoms with E-state index in [4.69, 9.17) is 14.2 Å². The van der Waals surface area contributed by atoms with Crippen LogP contribution in [0.2, 0.25) is 0 Å². The normalized spacial score (nSPS) is 16.4. The number of carbonyl (C=O) groups excluding carboxylic acids is 2. The topological polar surface area (TPSA) is 65.1 Å². The molecule has 0 bridgehead atoms. The Labute approximate surface area is 114 Å². The van der Waals surface area contributed by atoms with Gasteiger partial charge in [-0.1, -0.05) is 0 Å². The number of likely N-dealkylation sites (tertiary alicyclic amines) is 1. The summed E-state index contributed by atoms with van der Waals surface area (Å²) < 4.78 is 14.8. The van der Waals surface area contributed by atoms with Gasteiger partial charge in [-0.3, -0.25) is 9.59 Å². The van der Waals surface area contributed by atoms with Crippen LogP contribution in [0.15, 0.2) is 0 Å². The highest BCUT2D eigenvalue weighted by molar-refractivity contribution is 5.77. The van der Waals surface area contributed by atoms with Crippen LogP contribution in [0.25, 0.3) is 0 Å². The summed E-state index contributed by atoms with van der Waals surface area (Å²) in [6.07, 6.45) is 1.75. The SMILES string of the molecule is COCCOCCC(=O)N1CCC(C(=O)OC)CC1. The van der Waals surface area contributed by atoms with Crippen molar-refractivity contribution in [2.75, 3.05) is 47.1 Å². The van der Waals surface area contributed by atoms with Crippen molar-refractivity contribution in [1.82, 2.24) is 4.90 Å². The molecule has 1 aliphatic rings. The summed E-state index contributed by atoms with van der Waals surface area (Å²) in [5.74, 6) is -0.150. The van der Waals surface area contributed by atoms with Crippen LogP contribution in [0.4, 0.5) is 0 Å². The number of carbonyl (C=O) groups is 2. The molecule has 1 saturated heterocycles. The Morgan fingerprint density at radius 3 is 2.37 bits per heavy atom. The first-order chi connectivity index (χ1) is 9.19. The largest absolute Gasteiger partial charge is 0.469 e. The summed E-state index contributed by atoms with van der Waals surface area (Å²) in [7, 11) is 3.01. The lowest BCUT2D eigenvalue weighted by atomic mass is 9.97. The average molecular weight is 273 g/mol. The van der Waals surface area contributed by atoms with Gasteiger partial charge in [-0.25, -0.2) is 0 Å². The second kappa shape index (κ2) is 8.87. The number of piperidine rings is 1. The number of esters is 1. The maximum atomic E-state index is 11.9. The molecule has 0 aliphatic carbocycles. The van der Waals surface area contributed by atoms with Gasteiger partial charge in [0.2, 0.25) is 5.91 Å². The fourth-order valence-corrected chi connectivity index (χ4v) is 2.09. The van der Waals surface area contributed by atoms with Crippen molar-refractivity contribution >= 4 is 11.9 Å². The first-order valence-electron chi connectivity index (χ1n) is 6.61. The minimum atomic E-state index is -0.171. The predicted molar refractivity (Wildman–Crippen MR) is 68.6 cm³/mol. The molecule has 0 saturated carbocycles. The molecule has 0 radical (unpaired) electrons. The summed E-state index contributed by atoms with van der Waals surface area (Å²) in [5.41, 5.74) is 0. The lowest BCUT2D eigenvalue weighted by Crippen LogP contribution is -2.40. The van der Waals surface area contributed by atoms with Crippen LogP contribution in [0.3, 0.4) is 0 Å². The molecule has 1 heterocycles. The number of hydrogen-bond donors (Lipinski definition) is 0. The molecule has 0 aromatic rings. The molecule has 19 heavy (non-hydrogen) atoms. The van der Waals surface area contributed by atoms with E-state index in [9.17, 15) is 9.59 Å². The zero-order valence-electron chi connectivity index (χ0n) is 11.7. The zero-order valence-corrected chi connectivity index (χ0v) is 11.7. The molecule has 6 heteroatoms. The van der Waals surface area contributed by atoms with Gasteiger partial charge in [0.25, 0.3) is 0 Å². The van der Waals surface area contributed by atoms with E-state index in [0.717, 1.165) is 0 Å². The molecule has 6 nitrogen and oxygen atoms in total. The van der Waals surface area contributed by atoms with Gasteiger partial charge in [-0.2, -0.15) is 0 Å². The number of rotatable bonds is 7. The fraction of sp³-hybridized carbons (Fsp3) is 0.846. The van der Waals surface area contributed by atoms with Crippen molar-refractivity contribution in [3.8, 4) is 0 Å². The highest BCUT2D eigenvalue weighted by atomic mass is 16.5. The van der Waals surface area contributed by atoms with E-state index < -0.39 is 0 Å². The monoisotopic (exact) mass is 273 g/mol. The summed E-state index contributed by atoms with van der Waals surface area (Å²) in [4.78, 5) is 25.0. The van der Waals surface area contributed by atoms with Crippen molar-refractivity contribution in [2.24, 2.45) is 5.92 Å². The molecule has 0 aromatic heterocycles. The molecule has 1 aliphatic heterocycles. The molecule has 1 amide bonds. The van der Waals surface area contributed by atoms with Crippen LogP contribution in [0, 0.1) is 5.92 Å². The number of ether oxygens (including phenoxy) is 3. The Morgan fingerprint density at radius 2 is 1.79 bits per heavy atom. The molecule has 1 rings (SSSR count). The van der Waals surface area contributed by atoms with Crippen LogP contribution in [-0.2, 0) is 23.8 Å². The standard InChI is InChI=1S/C13H23NO5/c1-17-9-10-19-8-5-12(15)14-6-3-11(4-7-14)13(16)18-2/h11H,3-10H2,1-2H3. The Hall–Kier alpha value is -1.14. The molecule has 1 fully saturated rings. The van der Waals surface area contributed by atoms with Gasteiger partial charge in [0, 0.05) is 20.2 Å². The van der Waals surface area contributed by atoms with Crippen molar-refractivity contribution < 1.29 is 23.8 Å². The van der Waals surface area contributed by atoms with Crippen molar-refractivity contribution in [2.45, 2.75) is 19.3 Å². The Kier molecular flexibility index (Phi) is 7.43. The highest BCUT2D eigenvalue weighted by Crippen LogP contribution is 2.18. The molecular formula is C13H23NO5. The van der Waals surface area contributed by atoms with E-state index in [1.807, 2.05) is 0 Å². The third kappa shape index (κ3) is 5.57. The summed E-state index contributed by atoms with van der Waals surface area (Å²) in [5, 5.41) is 0. The van der Waals surface area contributed by atoms with Crippen LogP contribution in [-0.4, -0.2) is 63.9 Å². The van der Waals surface area contributed by atoms with Crippen molar-refractivity contribution in [1.29, 1.82) is 0 Å². The fourth-order valence-electron chi connectivity index (χ4n) is 2.09. The molecule has 0 N–H and O–H groups in total. The highest BCUT2D eigenvalue weighted by Gasteiger charge is 2.27. The lowest BCUT2D eigenvalue weighted by molar-refractivity contribution is -0.149. The van der Waals surface area contributed by atoms with Crippen LogP contribution >= 0.6 is 0 Å². The Morgan fingerprint density at radius 1 is 1.11 bits per heavy atom. The van der Waals surface area contributed by atoms with Gasteiger partial charge in [0.1, 0.15) is 0 Å². The molecule has 0 atom stereocenters. The zero-order chi connectivity index (χ0) is 14.1. The third-order valence-corrected chi connectivity index (χ3v) is 3.27. The van der Waals surface area contributed by atoms with E-state index in [1.165, 1.54) is 7.11 Å². The number of hydrogen-bond acceptors (Lipinski definition) is 5. The molecular weight excluding hydrogens is 250 g/mol. The summed E-state index contributed by atoms with van der Waals surface area (Å²) in [6, 6.07) is 0. The lowest BCUT2D eigenvalue weighted by Gasteiger charge is -2.30. The summed E-state index contributed by atoms with van der Waals surface area (Å²) >= 11 is 0. The number of nitrogens with zero attached hydrogens (tertiary/aromatic N) is 1. The van der Waals surface area contributed by atoms with Gasteiger partial charge in [0.15, 0.2) is 0 Å². The smallest absolute Gasteiger partial charge is 0.308 e. The second-order valence-corrected chi connectivity index (χ2v) is 4.53. The Balaban J connectivity index is 2.16. The molecule has 0 aromatic carbocycles. The van der Waals surface area contributed by atoms with Crippen molar-refractivity contribution in [3.63, 3.8) is 0 Å². The average Bonchev–Trinajstić information content (AvgIpc) is 2.46. The summed E-state index contributed by atoms with van der Waals surface area (Å²) in [6.45, 7) is 2.71. The van der Waals surface area contributed by atoms with E-state index in [-0.39, 0.29) is 17.8 Å². The minimum Gasteiger partial charge on any atom is -0.469 e. The third-order valence-electron chi connectivity index (χ3n) is 3.27. The van der Waals surface area contributed by atoms with Gasteiger partial charge in [-0.05, 0) is 12.8 Å². The number of amides is 1. The first-order valence-corrected chi connectivity index (χ1v) is 6.61.